The molecule has 0 unspecified atom stereocenters. The van der Waals surface area contributed by atoms with Gasteiger partial charge in [0.2, 0.25) is 0 Å². The molecule has 0 spiro atoms. The lowest BCUT2D eigenvalue weighted by atomic mass is 10.1. The van der Waals surface area contributed by atoms with E-state index in [1.165, 1.54) is 0 Å². The molecule has 4 nitrogen and oxygen atoms in total. The average molecular weight is 348 g/mol. The molecule has 0 bridgehead atoms. The number of hydrogen-bond donors (Lipinski definition) is 0. The normalized spacial score (nSPS) is 11.6. The molecule has 27 heavy (non-hydrogen) atoms. The molecule has 5 rings (SSSR count). The molecular weight excluding hydrogens is 332 g/mol. The first-order valence-corrected chi connectivity index (χ1v) is 8.82. The minimum atomic E-state index is 0.727. The Hall–Kier alpha value is -3.79. The van der Waals surface area contributed by atoms with Crippen molar-refractivity contribution in [1.82, 2.24) is 9.38 Å². The standard InChI is InChI=1S/C23H16N4/c1-2-10-18(11-3-1)22-23(27-16-7-6-15-21(27)24-22)26-25-20-14-8-12-17-9-4-5-13-19(17)20/h1-16H. The number of azo groups is 1. The zero-order chi connectivity index (χ0) is 18.1. The molecule has 128 valence electrons. The Labute approximate surface area is 156 Å². The summed E-state index contributed by atoms with van der Waals surface area (Å²) in [4.78, 5) is 4.77. The predicted molar refractivity (Wildman–Crippen MR) is 109 cm³/mol. The monoisotopic (exact) mass is 348 g/mol. The van der Waals surface area contributed by atoms with Gasteiger partial charge < -0.3 is 0 Å². The van der Waals surface area contributed by atoms with E-state index in [2.05, 4.69) is 28.4 Å². The van der Waals surface area contributed by atoms with Gasteiger partial charge in [-0.1, -0.05) is 72.8 Å². The molecule has 0 fully saturated rings. The highest BCUT2D eigenvalue weighted by Gasteiger charge is 2.13. The van der Waals surface area contributed by atoms with Crippen LogP contribution in [0.4, 0.5) is 11.5 Å². The average Bonchev–Trinajstić information content (AvgIpc) is 3.11. The van der Waals surface area contributed by atoms with Crippen LogP contribution in [0.1, 0.15) is 0 Å². The Bertz CT molecular complexity index is 1260. The summed E-state index contributed by atoms with van der Waals surface area (Å²) in [7, 11) is 0. The molecule has 0 aliphatic carbocycles. The van der Waals surface area contributed by atoms with Gasteiger partial charge in [-0.05, 0) is 23.6 Å². The number of imidazole rings is 1. The number of hydrogen-bond acceptors (Lipinski definition) is 3. The van der Waals surface area contributed by atoms with E-state index in [1.54, 1.807) is 0 Å². The first-order chi connectivity index (χ1) is 13.4. The molecule has 0 aliphatic heterocycles. The fraction of sp³-hybridized carbons (Fsp3) is 0. The van der Waals surface area contributed by atoms with E-state index in [-0.39, 0.29) is 0 Å². The summed E-state index contributed by atoms with van der Waals surface area (Å²) in [5.74, 6) is 0.727. The summed E-state index contributed by atoms with van der Waals surface area (Å²) in [6.45, 7) is 0. The molecule has 3 aromatic carbocycles. The van der Waals surface area contributed by atoms with Crippen LogP contribution < -0.4 is 0 Å². The molecular formula is C23H16N4. The molecule has 5 aromatic rings. The third-order valence-corrected chi connectivity index (χ3v) is 4.57. The maximum Gasteiger partial charge on any atom is 0.187 e. The molecule has 0 saturated carbocycles. The van der Waals surface area contributed by atoms with E-state index in [9.17, 15) is 0 Å². The van der Waals surface area contributed by atoms with Crippen molar-refractivity contribution in [2.75, 3.05) is 0 Å². The van der Waals surface area contributed by atoms with Crippen LogP contribution in [0.25, 0.3) is 27.7 Å². The van der Waals surface area contributed by atoms with Crippen LogP contribution >= 0.6 is 0 Å². The van der Waals surface area contributed by atoms with Crippen LogP contribution in [0.2, 0.25) is 0 Å². The van der Waals surface area contributed by atoms with Gasteiger partial charge in [0.15, 0.2) is 5.82 Å². The van der Waals surface area contributed by atoms with Gasteiger partial charge in [-0.3, -0.25) is 4.40 Å². The van der Waals surface area contributed by atoms with Crippen molar-refractivity contribution in [3.05, 3.63) is 97.2 Å². The third kappa shape index (κ3) is 2.77. The van der Waals surface area contributed by atoms with Gasteiger partial charge in [-0.2, -0.15) is 0 Å². The molecule has 4 heteroatoms. The maximum absolute atomic E-state index is 4.77. The number of benzene rings is 3. The molecule has 2 heterocycles. The Morgan fingerprint density at radius 1 is 0.667 bits per heavy atom. The summed E-state index contributed by atoms with van der Waals surface area (Å²) in [5.41, 5.74) is 3.54. The van der Waals surface area contributed by atoms with Crippen LogP contribution in [-0.2, 0) is 0 Å². The summed E-state index contributed by atoms with van der Waals surface area (Å²) in [6, 6.07) is 30.3. The van der Waals surface area contributed by atoms with Gasteiger partial charge in [0.1, 0.15) is 11.3 Å². The Balaban J connectivity index is 1.69. The van der Waals surface area contributed by atoms with Gasteiger partial charge in [0, 0.05) is 17.1 Å². The van der Waals surface area contributed by atoms with E-state index in [0.717, 1.165) is 39.2 Å². The first kappa shape index (κ1) is 15.5. The van der Waals surface area contributed by atoms with Gasteiger partial charge in [-0.25, -0.2) is 4.98 Å². The second-order valence-electron chi connectivity index (χ2n) is 6.28. The van der Waals surface area contributed by atoms with Crippen molar-refractivity contribution in [3.63, 3.8) is 0 Å². The van der Waals surface area contributed by atoms with E-state index in [4.69, 9.17) is 4.98 Å². The van der Waals surface area contributed by atoms with Crippen molar-refractivity contribution in [1.29, 1.82) is 0 Å². The second kappa shape index (κ2) is 6.50. The summed E-state index contributed by atoms with van der Waals surface area (Å²) in [6.07, 6.45) is 1.96. The smallest absolute Gasteiger partial charge is 0.187 e. The van der Waals surface area contributed by atoms with E-state index in [0.29, 0.717) is 0 Å². The van der Waals surface area contributed by atoms with Crippen LogP contribution in [-0.4, -0.2) is 9.38 Å². The van der Waals surface area contributed by atoms with Crippen molar-refractivity contribution in [3.8, 4) is 11.3 Å². The highest BCUT2D eigenvalue weighted by molar-refractivity contribution is 5.92. The highest BCUT2D eigenvalue weighted by Crippen LogP contribution is 2.33. The summed E-state index contributed by atoms with van der Waals surface area (Å²) in [5, 5.41) is 11.4. The zero-order valence-electron chi connectivity index (χ0n) is 14.5. The van der Waals surface area contributed by atoms with Crippen LogP contribution in [0.3, 0.4) is 0 Å². The van der Waals surface area contributed by atoms with Gasteiger partial charge in [0.05, 0.1) is 5.69 Å². The van der Waals surface area contributed by atoms with Crippen molar-refractivity contribution in [2.24, 2.45) is 10.2 Å². The fourth-order valence-electron chi connectivity index (χ4n) is 3.26. The molecule has 0 atom stereocenters. The zero-order valence-corrected chi connectivity index (χ0v) is 14.5. The minimum absolute atomic E-state index is 0.727. The number of aromatic nitrogens is 2. The topological polar surface area (TPSA) is 42.0 Å². The van der Waals surface area contributed by atoms with Crippen LogP contribution in [0, 0.1) is 0 Å². The fourth-order valence-corrected chi connectivity index (χ4v) is 3.26. The van der Waals surface area contributed by atoms with Crippen LogP contribution in [0.15, 0.2) is 107 Å². The Morgan fingerprint density at radius 3 is 2.37 bits per heavy atom. The second-order valence-corrected chi connectivity index (χ2v) is 6.28. The van der Waals surface area contributed by atoms with Gasteiger partial charge in [-0.15, -0.1) is 10.2 Å². The molecule has 0 radical (unpaired) electrons. The lowest BCUT2D eigenvalue weighted by molar-refractivity contribution is 1.11. The number of pyridine rings is 1. The maximum atomic E-state index is 4.77. The van der Waals surface area contributed by atoms with Crippen molar-refractivity contribution < 1.29 is 0 Å². The first-order valence-electron chi connectivity index (χ1n) is 8.82. The summed E-state index contributed by atoms with van der Waals surface area (Å²) >= 11 is 0. The lowest BCUT2D eigenvalue weighted by Crippen LogP contribution is -1.81. The van der Waals surface area contributed by atoms with Gasteiger partial charge >= 0.3 is 0 Å². The predicted octanol–water partition coefficient (Wildman–Crippen LogP) is 6.57. The third-order valence-electron chi connectivity index (χ3n) is 4.57. The van der Waals surface area contributed by atoms with E-state index >= 15 is 0 Å². The number of nitrogens with zero attached hydrogens (tertiary/aromatic N) is 4. The van der Waals surface area contributed by atoms with Crippen LogP contribution in [0.5, 0.6) is 0 Å². The number of rotatable bonds is 3. The molecule has 2 aromatic heterocycles. The molecule has 0 saturated heterocycles. The van der Waals surface area contributed by atoms with Crippen molar-refractivity contribution in [2.45, 2.75) is 0 Å². The lowest BCUT2D eigenvalue weighted by Gasteiger charge is -2.02. The Morgan fingerprint density at radius 2 is 1.44 bits per heavy atom. The highest BCUT2D eigenvalue weighted by atomic mass is 15.2. The van der Waals surface area contributed by atoms with Gasteiger partial charge in [0.25, 0.3) is 0 Å². The van der Waals surface area contributed by atoms with E-state index in [1.807, 2.05) is 83.4 Å². The number of fused-ring (bicyclic) bond motifs is 2. The van der Waals surface area contributed by atoms with Crippen molar-refractivity contribution >= 4 is 27.9 Å². The molecule has 0 aliphatic rings. The minimum Gasteiger partial charge on any atom is -0.283 e. The molecule has 0 N–H and O–H groups in total. The SMILES string of the molecule is c1ccc(-c2nc3ccccn3c2N=Nc2cccc3ccccc23)cc1. The summed E-state index contributed by atoms with van der Waals surface area (Å²) < 4.78 is 1.97. The van der Waals surface area contributed by atoms with E-state index < -0.39 is 0 Å². The Kier molecular flexibility index (Phi) is 3.72. The molecule has 0 amide bonds. The largest absolute Gasteiger partial charge is 0.283 e. The quantitative estimate of drug-likeness (QED) is 0.340.